The Labute approximate surface area is 99.9 Å². The van der Waals surface area contributed by atoms with Crippen LogP contribution in [0.1, 0.15) is 22.6 Å². The van der Waals surface area contributed by atoms with Gasteiger partial charge in [-0.1, -0.05) is 0 Å². The Kier molecular flexibility index (Phi) is 3.94. The van der Waals surface area contributed by atoms with Gasteiger partial charge in [0.25, 0.3) is 0 Å². The first-order valence-electron chi connectivity index (χ1n) is 5.64. The molecule has 1 aliphatic rings. The van der Waals surface area contributed by atoms with E-state index in [1.165, 1.54) is 4.88 Å². The summed E-state index contributed by atoms with van der Waals surface area (Å²) in [6, 6.07) is 6.10. The molecule has 0 aromatic carbocycles. The fraction of sp³-hybridized carbons (Fsp3) is 0.583. The first-order chi connectivity index (χ1) is 7.81. The molecule has 2 heterocycles. The lowest BCUT2D eigenvalue weighted by Crippen LogP contribution is -2.34. The van der Waals surface area contributed by atoms with Crippen LogP contribution in [0.15, 0.2) is 12.1 Å². The van der Waals surface area contributed by atoms with E-state index in [9.17, 15) is 0 Å². The lowest BCUT2D eigenvalue weighted by Gasteiger charge is -2.30. The molecule has 0 atom stereocenters. The van der Waals surface area contributed by atoms with Gasteiger partial charge in [-0.3, -0.25) is 4.90 Å². The second-order valence-electron chi connectivity index (χ2n) is 4.28. The topological polar surface area (TPSA) is 47.3 Å². The SMILES string of the molecule is N#Cc1ccc(CN2CCC(CO)CC2)s1. The number of hydrogen-bond acceptors (Lipinski definition) is 4. The third-order valence-corrected chi connectivity index (χ3v) is 4.09. The van der Waals surface area contributed by atoms with Crippen LogP contribution in [0.3, 0.4) is 0 Å². The predicted octanol–water partition coefficient (Wildman–Crippen LogP) is 1.82. The van der Waals surface area contributed by atoms with Crippen molar-refractivity contribution in [1.82, 2.24) is 4.90 Å². The van der Waals surface area contributed by atoms with Crippen LogP contribution in [0.4, 0.5) is 0 Å². The van der Waals surface area contributed by atoms with E-state index in [4.69, 9.17) is 10.4 Å². The zero-order valence-corrected chi connectivity index (χ0v) is 10.0. The summed E-state index contributed by atoms with van der Waals surface area (Å²) in [5.74, 6) is 0.495. The largest absolute Gasteiger partial charge is 0.396 e. The van der Waals surface area contributed by atoms with Crippen LogP contribution in [-0.4, -0.2) is 29.7 Å². The van der Waals surface area contributed by atoms with Crippen LogP contribution in [-0.2, 0) is 6.54 Å². The minimum atomic E-state index is 0.325. The van der Waals surface area contributed by atoms with Gasteiger partial charge in [0.1, 0.15) is 10.9 Å². The molecule has 0 spiro atoms. The highest BCUT2D eigenvalue weighted by Gasteiger charge is 2.18. The van der Waals surface area contributed by atoms with Crippen LogP contribution in [0, 0.1) is 17.2 Å². The molecule has 0 saturated carbocycles. The number of nitriles is 1. The van der Waals surface area contributed by atoms with Crippen LogP contribution in [0.25, 0.3) is 0 Å². The molecule has 1 aromatic heterocycles. The summed E-state index contributed by atoms with van der Waals surface area (Å²) in [5, 5.41) is 17.8. The van der Waals surface area contributed by atoms with Crippen molar-refractivity contribution in [3.05, 3.63) is 21.9 Å². The Morgan fingerprint density at radius 2 is 2.19 bits per heavy atom. The number of aliphatic hydroxyl groups excluding tert-OH is 1. The Morgan fingerprint density at radius 1 is 1.44 bits per heavy atom. The van der Waals surface area contributed by atoms with Crippen molar-refractivity contribution in [3.8, 4) is 6.07 Å². The van der Waals surface area contributed by atoms with Crippen molar-refractivity contribution in [1.29, 1.82) is 5.26 Å². The van der Waals surface area contributed by atoms with Crippen molar-refractivity contribution in [2.45, 2.75) is 19.4 Å². The molecule has 16 heavy (non-hydrogen) atoms. The number of hydrogen-bond donors (Lipinski definition) is 1. The fourth-order valence-corrected chi connectivity index (χ4v) is 2.92. The molecule has 0 bridgehead atoms. The van der Waals surface area contributed by atoms with Gasteiger partial charge in [-0.2, -0.15) is 5.26 Å². The summed E-state index contributed by atoms with van der Waals surface area (Å²) in [6.45, 7) is 3.39. The van der Waals surface area contributed by atoms with E-state index in [-0.39, 0.29) is 0 Å². The lowest BCUT2D eigenvalue weighted by molar-refractivity contribution is 0.128. The minimum Gasteiger partial charge on any atom is -0.396 e. The Balaban J connectivity index is 1.85. The van der Waals surface area contributed by atoms with E-state index in [1.807, 2.05) is 12.1 Å². The average Bonchev–Trinajstić information content (AvgIpc) is 2.78. The van der Waals surface area contributed by atoms with E-state index < -0.39 is 0 Å². The highest BCUT2D eigenvalue weighted by molar-refractivity contribution is 7.12. The third kappa shape index (κ3) is 2.82. The number of rotatable bonds is 3. The van der Waals surface area contributed by atoms with Gasteiger partial charge >= 0.3 is 0 Å². The molecule has 2 rings (SSSR count). The number of thiophene rings is 1. The predicted molar refractivity (Wildman–Crippen MR) is 64.1 cm³/mol. The zero-order chi connectivity index (χ0) is 11.4. The zero-order valence-electron chi connectivity index (χ0n) is 9.22. The van der Waals surface area contributed by atoms with E-state index in [0.717, 1.165) is 37.4 Å². The van der Waals surface area contributed by atoms with Gasteiger partial charge in [-0.15, -0.1) is 11.3 Å². The van der Waals surface area contributed by atoms with E-state index in [1.54, 1.807) is 11.3 Å². The summed E-state index contributed by atoms with van der Waals surface area (Å²) in [6.07, 6.45) is 2.18. The quantitative estimate of drug-likeness (QED) is 0.871. The molecule has 3 nitrogen and oxygen atoms in total. The second kappa shape index (κ2) is 5.44. The van der Waals surface area contributed by atoms with Crippen molar-refractivity contribution in [2.75, 3.05) is 19.7 Å². The standard InChI is InChI=1S/C12H16N2OS/c13-7-11-1-2-12(16-11)8-14-5-3-10(9-15)4-6-14/h1-2,10,15H,3-6,8-9H2. The van der Waals surface area contributed by atoms with Gasteiger partial charge in [0.2, 0.25) is 0 Å². The maximum absolute atomic E-state index is 9.05. The molecule has 0 unspecified atom stereocenters. The Morgan fingerprint density at radius 3 is 2.75 bits per heavy atom. The molecule has 1 aliphatic heterocycles. The summed E-state index contributed by atoms with van der Waals surface area (Å²) in [7, 11) is 0. The van der Waals surface area contributed by atoms with Crippen molar-refractivity contribution in [2.24, 2.45) is 5.92 Å². The molecular formula is C12H16N2OS. The first kappa shape index (κ1) is 11.6. The van der Waals surface area contributed by atoms with Crippen LogP contribution >= 0.6 is 11.3 Å². The number of aliphatic hydroxyl groups is 1. The summed E-state index contributed by atoms with van der Waals surface area (Å²) < 4.78 is 0. The average molecular weight is 236 g/mol. The molecule has 0 radical (unpaired) electrons. The molecule has 1 saturated heterocycles. The van der Waals surface area contributed by atoms with Gasteiger partial charge in [0, 0.05) is 18.0 Å². The number of likely N-dealkylation sites (tertiary alicyclic amines) is 1. The molecule has 4 heteroatoms. The van der Waals surface area contributed by atoms with Gasteiger partial charge < -0.3 is 5.11 Å². The fourth-order valence-electron chi connectivity index (χ4n) is 2.07. The van der Waals surface area contributed by atoms with Crippen LogP contribution in [0.5, 0.6) is 0 Å². The highest BCUT2D eigenvalue weighted by atomic mass is 32.1. The smallest absolute Gasteiger partial charge is 0.110 e. The summed E-state index contributed by atoms with van der Waals surface area (Å²) in [5.41, 5.74) is 0. The van der Waals surface area contributed by atoms with Crippen molar-refractivity contribution >= 4 is 11.3 Å². The Hall–Kier alpha value is -0.890. The van der Waals surface area contributed by atoms with E-state index in [0.29, 0.717) is 12.5 Å². The maximum atomic E-state index is 9.05. The van der Waals surface area contributed by atoms with Gasteiger partial charge in [-0.25, -0.2) is 0 Å². The van der Waals surface area contributed by atoms with Gasteiger partial charge in [0.05, 0.1) is 0 Å². The normalized spacial score (nSPS) is 18.5. The first-order valence-corrected chi connectivity index (χ1v) is 6.45. The Bertz CT molecular complexity index is 375. The third-order valence-electron chi connectivity index (χ3n) is 3.12. The number of nitrogens with zero attached hydrogens (tertiary/aromatic N) is 2. The molecule has 0 amide bonds. The van der Waals surface area contributed by atoms with Crippen LogP contribution < -0.4 is 0 Å². The molecule has 86 valence electrons. The number of piperidine rings is 1. The van der Waals surface area contributed by atoms with Crippen molar-refractivity contribution in [3.63, 3.8) is 0 Å². The highest BCUT2D eigenvalue weighted by Crippen LogP contribution is 2.21. The second-order valence-corrected chi connectivity index (χ2v) is 5.45. The molecule has 1 N–H and O–H groups in total. The summed E-state index contributed by atoms with van der Waals surface area (Å²) in [4.78, 5) is 4.46. The molecular weight excluding hydrogens is 220 g/mol. The van der Waals surface area contributed by atoms with E-state index >= 15 is 0 Å². The molecule has 1 fully saturated rings. The lowest BCUT2D eigenvalue weighted by atomic mass is 9.98. The molecule has 1 aromatic rings. The monoisotopic (exact) mass is 236 g/mol. The van der Waals surface area contributed by atoms with Gasteiger partial charge in [-0.05, 0) is 44.0 Å². The van der Waals surface area contributed by atoms with Crippen LogP contribution in [0.2, 0.25) is 0 Å². The van der Waals surface area contributed by atoms with Gasteiger partial charge in [0.15, 0.2) is 0 Å². The maximum Gasteiger partial charge on any atom is 0.110 e. The van der Waals surface area contributed by atoms with Crippen molar-refractivity contribution < 1.29 is 5.11 Å². The van der Waals surface area contributed by atoms with E-state index in [2.05, 4.69) is 11.0 Å². The summed E-state index contributed by atoms with van der Waals surface area (Å²) >= 11 is 1.58. The molecule has 0 aliphatic carbocycles. The minimum absolute atomic E-state index is 0.325.